The second kappa shape index (κ2) is 5.00. The third-order valence-electron chi connectivity index (χ3n) is 4.04. The number of rotatable bonds is 2. The molecule has 0 spiro atoms. The third kappa shape index (κ3) is 2.26. The van der Waals surface area contributed by atoms with Crippen LogP contribution in [0.4, 0.5) is 0 Å². The van der Waals surface area contributed by atoms with Gasteiger partial charge in [-0.2, -0.15) is 11.8 Å². The van der Waals surface area contributed by atoms with Crippen LogP contribution in [-0.2, 0) is 12.2 Å². The van der Waals surface area contributed by atoms with Crippen molar-refractivity contribution in [2.45, 2.75) is 39.0 Å². The zero-order valence-electron chi connectivity index (χ0n) is 11.5. The zero-order chi connectivity index (χ0) is 13.6. The van der Waals surface area contributed by atoms with Crippen molar-refractivity contribution in [3.8, 4) is 0 Å². The first-order valence-corrected chi connectivity index (χ1v) is 8.58. The Balaban J connectivity index is 1.97. The maximum atomic E-state index is 10.6. The number of aliphatic hydroxyl groups excluding tert-OH is 1. The van der Waals surface area contributed by atoms with Crippen molar-refractivity contribution in [1.82, 2.24) is 4.98 Å². The van der Waals surface area contributed by atoms with Crippen LogP contribution in [0, 0.1) is 20.8 Å². The highest BCUT2D eigenvalue weighted by atomic mass is 32.2. The number of nitrogens with one attached hydrogen (secondary N) is 1. The van der Waals surface area contributed by atoms with E-state index in [4.69, 9.17) is 0 Å². The molecule has 1 atom stereocenters. The van der Waals surface area contributed by atoms with Crippen LogP contribution < -0.4 is 0 Å². The van der Waals surface area contributed by atoms with E-state index in [-0.39, 0.29) is 0 Å². The highest BCUT2D eigenvalue weighted by molar-refractivity contribution is 7.98. The topological polar surface area (TPSA) is 36.0 Å². The van der Waals surface area contributed by atoms with Gasteiger partial charge in [-0.1, -0.05) is 0 Å². The number of hydrogen-bond acceptors (Lipinski definition) is 3. The van der Waals surface area contributed by atoms with E-state index in [2.05, 4.69) is 31.8 Å². The molecule has 2 aromatic rings. The lowest BCUT2D eigenvalue weighted by Gasteiger charge is -2.08. The van der Waals surface area contributed by atoms with E-state index in [1.54, 1.807) is 11.3 Å². The molecule has 0 aliphatic carbocycles. The average molecular weight is 293 g/mol. The van der Waals surface area contributed by atoms with Gasteiger partial charge >= 0.3 is 0 Å². The summed E-state index contributed by atoms with van der Waals surface area (Å²) in [6.45, 7) is 6.25. The number of fused-ring (bicyclic) bond motifs is 1. The van der Waals surface area contributed by atoms with Gasteiger partial charge in [-0.05, 0) is 55.7 Å². The summed E-state index contributed by atoms with van der Waals surface area (Å²) in [5.41, 5.74) is 5.98. The predicted octanol–water partition coefficient (Wildman–Crippen LogP) is 3.87. The maximum Gasteiger partial charge on any atom is 0.128 e. The summed E-state index contributed by atoms with van der Waals surface area (Å²) in [6, 6.07) is 2.20. The zero-order valence-corrected chi connectivity index (χ0v) is 13.2. The Bertz CT molecular complexity index is 588. The Labute approximate surface area is 122 Å². The number of hydrogen-bond donors (Lipinski definition) is 2. The molecule has 0 saturated heterocycles. The molecule has 1 aliphatic heterocycles. The van der Waals surface area contributed by atoms with Crippen LogP contribution in [0.5, 0.6) is 0 Å². The molecule has 1 unspecified atom stereocenters. The Hall–Kier alpha value is -0.710. The van der Waals surface area contributed by atoms with E-state index in [0.717, 1.165) is 28.4 Å². The number of thiophene rings is 1. The molecule has 2 N–H and O–H groups in total. The van der Waals surface area contributed by atoms with Gasteiger partial charge in [0.15, 0.2) is 0 Å². The molecule has 0 saturated carbocycles. The number of aryl methyl sites for hydroxylation is 2. The highest BCUT2D eigenvalue weighted by Gasteiger charge is 2.22. The minimum absolute atomic E-state index is 0.506. The molecular weight excluding hydrogens is 274 g/mol. The van der Waals surface area contributed by atoms with Crippen LogP contribution in [0.1, 0.15) is 43.9 Å². The van der Waals surface area contributed by atoms with Crippen LogP contribution >= 0.6 is 23.1 Å². The Morgan fingerprint density at radius 3 is 2.68 bits per heavy atom. The minimum Gasteiger partial charge on any atom is -0.381 e. The summed E-state index contributed by atoms with van der Waals surface area (Å²) in [4.78, 5) is 5.89. The van der Waals surface area contributed by atoms with E-state index in [1.165, 1.54) is 27.3 Å². The Morgan fingerprint density at radius 2 is 2.05 bits per heavy atom. The Morgan fingerprint density at radius 1 is 1.26 bits per heavy atom. The maximum absolute atomic E-state index is 10.6. The van der Waals surface area contributed by atoms with Crippen LogP contribution in [0.2, 0.25) is 0 Å². The molecule has 102 valence electrons. The molecule has 2 aromatic heterocycles. The van der Waals surface area contributed by atoms with Crippen LogP contribution in [0.15, 0.2) is 6.07 Å². The first kappa shape index (κ1) is 13.3. The monoisotopic (exact) mass is 293 g/mol. The number of thioether (sulfide) groups is 1. The number of aromatic nitrogens is 1. The molecule has 3 heterocycles. The molecule has 0 bridgehead atoms. The fraction of sp³-hybridized carbons (Fsp3) is 0.467. The van der Waals surface area contributed by atoms with Crippen molar-refractivity contribution in [1.29, 1.82) is 0 Å². The number of aromatic amines is 1. The molecular formula is C15H19NOS2. The van der Waals surface area contributed by atoms with Gasteiger partial charge in [0, 0.05) is 21.2 Å². The lowest BCUT2D eigenvalue weighted by Crippen LogP contribution is -1.99. The lowest BCUT2D eigenvalue weighted by atomic mass is 10.1. The van der Waals surface area contributed by atoms with Gasteiger partial charge in [0.05, 0.1) is 5.69 Å². The first-order chi connectivity index (χ1) is 9.08. The van der Waals surface area contributed by atoms with Gasteiger partial charge in [0.25, 0.3) is 0 Å². The van der Waals surface area contributed by atoms with E-state index >= 15 is 0 Å². The number of H-pyrrole nitrogens is 1. The predicted molar refractivity (Wildman–Crippen MR) is 83.3 cm³/mol. The summed E-state index contributed by atoms with van der Waals surface area (Å²) < 4.78 is 0. The summed E-state index contributed by atoms with van der Waals surface area (Å²) in [5.74, 6) is 2.31. The normalized spacial score (nSPS) is 16.4. The lowest BCUT2D eigenvalue weighted by molar-refractivity contribution is 0.219. The molecule has 2 nitrogen and oxygen atoms in total. The smallest absolute Gasteiger partial charge is 0.128 e. The van der Waals surface area contributed by atoms with Gasteiger partial charge in [0.2, 0.25) is 0 Å². The largest absolute Gasteiger partial charge is 0.381 e. The van der Waals surface area contributed by atoms with Crippen molar-refractivity contribution in [2.75, 3.05) is 5.75 Å². The van der Waals surface area contributed by atoms with Crippen molar-refractivity contribution in [3.63, 3.8) is 0 Å². The van der Waals surface area contributed by atoms with Crippen LogP contribution in [-0.4, -0.2) is 15.8 Å². The highest BCUT2D eigenvalue weighted by Crippen LogP contribution is 2.37. The van der Waals surface area contributed by atoms with E-state index < -0.39 is 6.10 Å². The van der Waals surface area contributed by atoms with E-state index in [9.17, 15) is 5.11 Å². The summed E-state index contributed by atoms with van der Waals surface area (Å²) in [6.07, 6.45) is 0.645. The van der Waals surface area contributed by atoms with Gasteiger partial charge in [-0.25, -0.2) is 0 Å². The van der Waals surface area contributed by atoms with E-state index in [1.807, 2.05) is 11.8 Å². The van der Waals surface area contributed by atoms with Gasteiger partial charge < -0.3 is 10.1 Å². The Kier molecular flexibility index (Phi) is 3.50. The SMILES string of the molecule is Cc1[nH]c(C(O)c2cc3c(s2)CCSC3)c(C)c1C. The summed E-state index contributed by atoms with van der Waals surface area (Å²) in [7, 11) is 0. The minimum atomic E-state index is -0.506. The van der Waals surface area contributed by atoms with Gasteiger partial charge in [0.1, 0.15) is 6.10 Å². The molecule has 19 heavy (non-hydrogen) atoms. The van der Waals surface area contributed by atoms with Crippen molar-refractivity contribution < 1.29 is 5.11 Å². The first-order valence-electron chi connectivity index (χ1n) is 6.61. The van der Waals surface area contributed by atoms with Crippen molar-refractivity contribution in [2.24, 2.45) is 0 Å². The number of aliphatic hydroxyl groups is 1. The summed E-state index contributed by atoms with van der Waals surface area (Å²) >= 11 is 3.76. The molecule has 0 fully saturated rings. The second-order valence-electron chi connectivity index (χ2n) is 5.22. The standard InChI is InChI=1S/C15H19NOS2/c1-8-9(2)14(16-10(8)3)15(17)13-6-11-7-18-5-4-12(11)19-13/h6,15-17H,4-5,7H2,1-3H3. The van der Waals surface area contributed by atoms with Crippen LogP contribution in [0.3, 0.4) is 0 Å². The molecule has 0 radical (unpaired) electrons. The molecule has 0 amide bonds. The summed E-state index contributed by atoms with van der Waals surface area (Å²) in [5, 5.41) is 10.6. The second-order valence-corrected chi connectivity index (χ2v) is 7.49. The van der Waals surface area contributed by atoms with Crippen LogP contribution in [0.25, 0.3) is 0 Å². The molecule has 0 aromatic carbocycles. The van der Waals surface area contributed by atoms with Crippen molar-refractivity contribution >= 4 is 23.1 Å². The fourth-order valence-corrected chi connectivity index (χ4v) is 4.97. The van der Waals surface area contributed by atoms with Gasteiger partial charge in [-0.3, -0.25) is 0 Å². The third-order valence-corrected chi connectivity index (χ3v) is 6.34. The molecule has 1 aliphatic rings. The average Bonchev–Trinajstić information content (AvgIpc) is 2.95. The fourth-order valence-electron chi connectivity index (χ4n) is 2.59. The molecule has 3 rings (SSSR count). The van der Waals surface area contributed by atoms with E-state index in [0.29, 0.717) is 0 Å². The quantitative estimate of drug-likeness (QED) is 0.881. The molecule has 4 heteroatoms. The van der Waals surface area contributed by atoms with Gasteiger partial charge in [-0.15, -0.1) is 11.3 Å². The van der Waals surface area contributed by atoms with Crippen molar-refractivity contribution in [3.05, 3.63) is 43.9 Å².